The number of benzene rings is 4. The van der Waals surface area contributed by atoms with Crippen molar-refractivity contribution in [2.45, 2.75) is 263 Å². The second kappa shape index (κ2) is 57.0. The molecule has 0 radical (unpaired) electrons. The quantitative estimate of drug-likeness (QED) is 0.0552. The standard InChI is InChI=1S/2C27H35ClN2O4.2C27H36N2O4/c2*1-19-11-7-4-5-10-14-33-27(32)25-20(2)16-21(3)26(28)23(25)17-22(15-19)29-34-18-24(31)30-12-8-6-9-13-30;2*1-20-11-7-4-5-10-14-32-27(31)26-22(3)15-21(2)16-23(26)18-24(17-20)28-33-19-25(30)29-12-8-6-9-13-29/h2*4-5,15-16H,6-14,17-18H2,1-3H3;2*4-5,15-17H,6-14,18-19H2,1-3H3/b5-4+,19-15+,29-22+;5-4+,19-15+,29-22-;5-4+,20-17+,28-24+;5-4+,20-17+,28-24-. The summed E-state index contributed by atoms with van der Waals surface area (Å²) in [6.45, 7) is 31.0. The van der Waals surface area contributed by atoms with Crippen LogP contribution in [0.2, 0.25) is 10.0 Å². The smallest absolute Gasteiger partial charge is 0.338 e. The van der Waals surface area contributed by atoms with Crippen LogP contribution in [-0.2, 0) is 83.2 Å². The fraction of sp³-hybridized carbons (Fsp3) is 0.519. The number of amides is 4. The minimum atomic E-state index is -0.388. The van der Waals surface area contributed by atoms with Gasteiger partial charge in [0.15, 0.2) is 26.4 Å². The van der Waals surface area contributed by atoms with Gasteiger partial charge in [-0.1, -0.05) is 162 Å². The van der Waals surface area contributed by atoms with E-state index in [4.69, 9.17) is 61.5 Å². The number of ether oxygens (including phenoxy) is 4. The van der Waals surface area contributed by atoms with Crippen LogP contribution in [0.1, 0.15) is 290 Å². The minimum absolute atomic E-state index is 0.0264. The highest BCUT2D eigenvalue weighted by Gasteiger charge is 2.29. The molecule has 0 unspecified atom stereocenters. The highest BCUT2D eigenvalue weighted by Crippen LogP contribution is 2.33. The number of esters is 4. The van der Waals surface area contributed by atoms with Crippen LogP contribution in [0, 0.1) is 55.4 Å². The summed E-state index contributed by atoms with van der Waals surface area (Å²) >= 11 is 13.4. The second-order valence-corrected chi connectivity index (χ2v) is 36.9. The van der Waals surface area contributed by atoms with Gasteiger partial charge in [-0.25, -0.2) is 19.2 Å². The molecule has 4 fully saturated rings. The summed E-state index contributed by atoms with van der Waals surface area (Å²) in [5.41, 5.74) is 19.7. The molecule has 0 atom stereocenters. The maximum absolute atomic E-state index is 13.0. The Morgan fingerprint density at radius 1 is 0.299 bits per heavy atom. The summed E-state index contributed by atoms with van der Waals surface area (Å²) < 4.78 is 22.2. The Labute approximate surface area is 804 Å². The van der Waals surface area contributed by atoms with Crippen molar-refractivity contribution in [3.05, 3.63) is 231 Å². The van der Waals surface area contributed by atoms with Gasteiger partial charge >= 0.3 is 23.9 Å². The van der Waals surface area contributed by atoms with E-state index >= 15 is 0 Å². The number of aryl methyl sites for hydroxylation is 8. The number of likely N-dealkylation sites (tertiary alicyclic amines) is 4. The molecule has 724 valence electrons. The van der Waals surface area contributed by atoms with E-state index < -0.39 is 0 Å². The van der Waals surface area contributed by atoms with E-state index in [-0.39, 0.29) is 73.9 Å². The Bertz CT molecular complexity index is 4800. The molecule has 8 aliphatic rings. The normalized spacial score (nSPS) is 21.8. The molecule has 0 aromatic heterocycles. The van der Waals surface area contributed by atoms with Gasteiger partial charge in [-0.3, -0.25) is 19.2 Å². The van der Waals surface area contributed by atoms with Gasteiger partial charge in [-0.15, -0.1) is 0 Å². The molecule has 134 heavy (non-hydrogen) atoms. The molecule has 0 saturated carbocycles. The first-order valence-corrected chi connectivity index (χ1v) is 49.0. The molecule has 8 aliphatic heterocycles. The average Bonchev–Trinajstić information content (AvgIpc) is 0.783. The number of rotatable bonds is 12. The number of piperidine rings is 4. The minimum Gasteiger partial charge on any atom is -0.462 e. The number of oxime groups is 4. The SMILES string of the molecule is C/C1=C\C(=N/OCC(=O)N2CCCCC2)Cc2c(Cl)c(C)cc(C)c2C(=O)OCC/C=C/CC1.C/C1=C\C(=N/OCC(=O)N2CCCCC2)Cc2cc(C)cc(C)c2C(=O)OCC/C=C/CC1.C/C1=C\C(=N\OCC(=O)N2CCCCC2)Cc2c(Cl)c(C)cc(C)c2C(=O)OCC/C=C/CC1.C/C1=C\C(=N\OCC(=O)N2CCCCC2)Cc2cc(C)cc(C)c2C(=O)OCC/C=C/CC1. The number of nitrogens with zero attached hydrogens (tertiary/aromatic N) is 8. The predicted octanol–water partition coefficient (Wildman–Crippen LogP) is 21.6. The molecule has 0 spiro atoms. The maximum atomic E-state index is 13.0. The van der Waals surface area contributed by atoms with Crippen LogP contribution >= 0.6 is 23.2 Å². The zero-order valence-corrected chi connectivity index (χ0v) is 82.9. The highest BCUT2D eigenvalue weighted by molar-refractivity contribution is 6.33. The molecule has 12 rings (SSSR count). The lowest BCUT2D eigenvalue weighted by molar-refractivity contribution is -0.137. The van der Waals surface area contributed by atoms with Gasteiger partial charge in [0.2, 0.25) is 0 Å². The Hall–Kier alpha value is -11.0. The molecule has 24 nitrogen and oxygen atoms in total. The number of hydrogen-bond acceptors (Lipinski definition) is 20. The van der Waals surface area contributed by atoms with Crippen molar-refractivity contribution in [1.29, 1.82) is 0 Å². The molecule has 8 heterocycles. The number of fused-ring (bicyclic) bond motifs is 4. The van der Waals surface area contributed by atoms with Gasteiger partial charge in [0.25, 0.3) is 23.6 Å². The lowest BCUT2D eigenvalue weighted by Gasteiger charge is -2.26. The summed E-state index contributed by atoms with van der Waals surface area (Å²) in [6, 6.07) is 11.8. The number of carbonyl (C=O) groups is 8. The number of carbonyl (C=O) groups excluding carboxylic acids is 8. The Morgan fingerprint density at radius 2 is 0.530 bits per heavy atom. The van der Waals surface area contributed by atoms with Gasteiger partial charge in [0.05, 0.1) is 71.5 Å². The third kappa shape index (κ3) is 35.7. The van der Waals surface area contributed by atoms with Gasteiger partial charge in [-0.2, -0.15) is 0 Å². The molecule has 0 bridgehead atoms. The summed E-state index contributed by atoms with van der Waals surface area (Å²) in [4.78, 5) is 131. The topological polar surface area (TPSA) is 273 Å². The lowest BCUT2D eigenvalue weighted by atomic mass is 9.94. The molecule has 4 aromatic carbocycles. The first-order valence-electron chi connectivity index (χ1n) is 48.2. The molecule has 4 saturated heterocycles. The third-order valence-electron chi connectivity index (χ3n) is 24.4. The second-order valence-electron chi connectivity index (χ2n) is 36.2. The van der Waals surface area contributed by atoms with Crippen molar-refractivity contribution in [2.75, 3.05) is 105 Å². The first kappa shape index (κ1) is 107. The number of halogens is 2. The van der Waals surface area contributed by atoms with E-state index in [0.717, 1.165) is 235 Å². The van der Waals surface area contributed by atoms with E-state index in [1.807, 2.05) is 162 Å². The summed E-state index contributed by atoms with van der Waals surface area (Å²) in [7, 11) is 0. The fourth-order valence-corrected chi connectivity index (χ4v) is 18.0. The van der Waals surface area contributed by atoms with Crippen molar-refractivity contribution in [3.8, 4) is 0 Å². The Balaban J connectivity index is 0.000000201. The van der Waals surface area contributed by atoms with Crippen LogP contribution in [-0.4, -0.2) is 195 Å². The fourth-order valence-electron chi connectivity index (χ4n) is 17.6. The molecule has 4 aromatic rings. The monoisotopic (exact) mass is 1880 g/mol. The summed E-state index contributed by atoms with van der Waals surface area (Å²) in [5.74, 6) is -1.55. The lowest BCUT2D eigenvalue weighted by Crippen LogP contribution is -2.37. The predicted molar refractivity (Wildman–Crippen MR) is 532 cm³/mol. The molecular weight excluding hydrogens is 1740 g/mol. The van der Waals surface area contributed by atoms with Gasteiger partial charge < -0.3 is 57.9 Å². The van der Waals surface area contributed by atoms with E-state index in [2.05, 4.69) is 70.9 Å². The number of allylic oxidation sites excluding steroid dienone is 12. The van der Waals surface area contributed by atoms with Crippen molar-refractivity contribution in [2.24, 2.45) is 20.6 Å². The van der Waals surface area contributed by atoms with Crippen molar-refractivity contribution >= 4 is 93.6 Å². The average molecular weight is 1880 g/mol. The van der Waals surface area contributed by atoms with Crippen molar-refractivity contribution in [1.82, 2.24) is 19.6 Å². The van der Waals surface area contributed by atoms with Crippen LogP contribution in [0.3, 0.4) is 0 Å². The van der Waals surface area contributed by atoms with E-state index in [0.29, 0.717) is 144 Å². The van der Waals surface area contributed by atoms with Gasteiger partial charge in [0, 0.05) is 88.1 Å². The van der Waals surface area contributed by atoms with Crippen molar-refractivity contribution in [3.63, 3.8) is 0 Å². The zero-order chi connectivity index (χ0) is 96.3. The molecule has 0 aliphatic carbocycles. The van der Waals surface area contributed by atoms with Crippen LogP contribution in [0.25, 0.3) is 0 Å². The molecule has 0 N–H and O–H groups in total. The highest BCUT2D eigenvalue weighted by atomic mass is 35.5. The summed E-state index contributed by atoms with van der Waals surface area (Å²) in [6.07, 6.45) is 48.9. The number of hydrogen-bond donors (Lipinski definition) is 0. The van der Waals surface area contributed by atoms with E-state index in [9.17, 15) is 38.4 Å². The maximum Gasteiger partial charge on any atom is 0.338 e. The first-order chi connectivity index (χ1) is 64.6. The van der Waals surface area contributed by atoms with Gasteiger partial charge in [-0.05, 0) is 317 Å². The largest absolute Gasteiger partial charge is 0.462 e. The third-order valence-corrected chi connectivity index (χ3v) is 25.5. The zero-order valence-electron chi connectivity index (χ0n) is 81.4. The van der Waals surface area contributed by atoms with E-state index in [1.165, 1.54) is 24.0 Å². The number of cyclic esters (lactones) is 4. The molecular formula is C108H142Cl2N8O16. The Morgan fingerprint density at radius 3 is 0.791 bits per heavy atom. The van der Waals surface area contributed by atoms with Crippen molar-refractivity contribution < 1.29 is 76.7 Å². The molecule has 4 amide bonds. The van der Waals surface area contributed by atoms with Crippen LogP contribution in [0.15, 0.2) is 152 Å². The Kier molecular flexibility index (Phi) is 45.4. The molecule has 26 heteroatoms. The van der Waals surface area contributed by atoms with E-state index in [1.54, 1.807) is 0 Å². The summed E-state index contributed by atoms with van der Waals surface area (Å²) in [5, 5.41) is 18.4. The van der Waals surface area contributed by atoms with Crippen LogP contribution in [0.4, 0.5) is 0 Å². The van der Waals surface area contributed by atoms with Crippen LogP contribution in [0.5, 0.6) is 0 Å². The van der Waals surface area contributed by atoms with Crippen LogP contribution < -0.4 is 0 Å². The van der Waals surface area contributed by atoms with Gasteiger partial charge in [0.1, 0.15) is 0 Å².